The second-order valence-corrected chi connectivity index (χ2v) is 7.26. The Bertz CT molecular complexity index is 489. The van der Waals surface area contributed by atoms with E-state index in [0.29, 0.717) is 12.2 Å². The molecule has 0 saturated heterocycles. The quantitative estimate of drug-likeness (QED) is 0.648. The Morgan fingerprint density at radius 3 is 2.36 bits per heavy atom. The zero-order chi connectivity index (χ0) is 16.2. The number of benzene rings is 1. The summed E-state index contributed by atoms with van der Waals surface area (Å²) >= 11 is 0. The fourth-order valence-electron chi connectivity index (χ4n) is 3.08. The lowest BCUT2D eigenvalue weighted by atomic mass is 9.80. The minimum atomic E-state index is -1.51. The van der Waals surface area contributed by atoms with Gasteiger partial charge in [-0.3, -0.25) is 0 Å². The summed E-state index contributed by atoms with van der Waals surface area (Å²) in [6.07, 6.45) is 3.86. The average molecular weight is 306 g/mol. The van der Waals surface area contributed by atoms with Crippen molar-refractivity contribution in [2.45, 2.75) is 31.3 Å². The first-order valence-electron chi connectivity index (χ1n) is 8.09. The highest BCUT2D eigenvalue weighted by molar-refractivity contribution is 5.81. The van der Waals surface area contributed by atoms with Crippen molar-refractivity contribution in [2.24, 2.45) is 5.92 Å². The van der Waals surface area contributed by atoms with Crippen LogP contribution in [0.3, 0.4) is 0 Å². The Morgan fingerprint density at radius 2 is 1.82 bits per heavy atom. The number of ether oxygens (including phenoxy) is 1. The van der Waals surface area contributed by atoms with E-state index in [4.69, 9.17) is 4.74 Å². The molecule has 0 bridgehead atoms. The zero-order valence-electron chi connectivity index (χ0n) is 13.9. The summed E-state index contributed by atoms with van der Waals surface area (Å²) in [7, 11) is 6.15. The first-order valence-corrected chi connectivity index (χ1v) is 8.09. The Hall–Kier alpha value is -1.39. The summed E-state index contributed by atoms with van der Waals surface area (Å²) in [5, 5.41) is 11.2. The van der Waals surface area contributed by atoms with E-state index in [9.17, 15) is 9.90 Å². The Kier molecular flexibility index (Phi) is 5.24. The second kappa shape index (κ2) is 6.80. The van der Waals surface area contributed by atoms with Crippen LogP contribution in [0.4, 0.5) is 0 Å². The predicted octanol–water partition coefficient (Wildman–Crippen LogP) is 2.31. The third-order valence-electron chi connectivity index (χ3n) is 4.47. The highest BCUT2D eigenvalue weighted by Crippen LogP contribution is 2.41. The largest absolute Gasteiger partial charge is 0.457 e. The van der Waals surface area contributed by atoms with Crippen molar-refractivity contribution in [3.63, 3.8) is 0 Å². The summed E-state index contributed by atoms with van der Waals surface area (Å²) < 4.78 is 6.17. The van der Waals surface area contributed by atoms with Crippen molar-refractivity contribution in [1.29, 1.82) is 0 Å². The van der Waals surface area contributed by atoms with E-state index in [2.05, 4.69) is 0 Å². The van der Waals surface area contributed by atoms with Gasteiger partial charge in [0.2, 0.25) is 0 Å². The molecule has 2 rings (SSSR count). The minimum Gasteiger partial charge on any atom is -0.457 e. The van der Waals surface area contributed by atoms with Crippen LogP contribution >= 0.6 is 0 Å². The lowest BCUT2D eigenvalue weighted by molar-refractivity contribution is -0.870. The van der Waals surface area contributed by atoms with Gasteiger partial charge in [0.05, 0.1) is 21.1 Å². The molecule has 1 aliphatic carbocycles. The molecule has 4 heteroatoms. The van der Waals surface area contributed by atoms with Crippen LogP contribution in [0.5, 0.6) is 0 Å². The van der Waals surface area contributed by atoms with Gasteiger partial charge in [0.1, 0.15) is 13.2 Å². The molecule has 1 fully saturated rings. The molecule has 1 aromatic rings. The molecular weight excluding hydrogens is 278 g/mol. The van der Waals surface area contributed by atoms with E-state index in [1.54, 1.807) is 0 Å². The molecule has 0 spiro atoms. The van der Waals surface area contributed by atoms with Crippen molar-refractivity contribution < 1.29 is 19.1 Å². The molecule has 4 nitrogen and oxygen atoms in total. The second-order valence-electron chi connectivity index (χ2n) is 7.26. The molecule has 1 aliphatic rings. The predicted molar refractivity (Wildman–Crippen MR) is 86.2 cm³/mol. The standard InChI is InChI=1S/C18H28NO3/c1-19(2,3)13-14-22-17(20)18(21,16-11-7-8-12-16)15-9-5-4-6-10-15/h4-6,9-10,16,21H,7-8,11-14H2,1-3H3/q+1/t18-/m1/s1. The van der Waals surface area contributed by atoms with Gasteiger partial charge in [0.15, 0.2) is 5.60 Å². The first kappa shape index (κ1) is 17.0. The fraction of sp³-hybridized carbons (Fsp3) is 0.611. The molecule has 22 heavy (non-hydrogen) atoms. The Morgan fingerprint density at radius 1 is 1.23 bits per heavy atom. The fourth-order valence-corrected chi connectivity index (χ4v) is 3.08. The van der Waals surface area contributed by atoms with Gasteiger partial charge in [0.25, 0.3) is 0 Å². The lowest BCUT2D eigenvalue weighted by Crippen LogP contribution is -2.45. The Balaban J connectivity index is 2.16. The topological polar surface area (TPSA) is 46.5 Å². The molecule has 1 saturated carbocycles. The van der Waals surface area contributed by atoms with Crippen molar-refractivity contribution in [3.8, 4) is 0 Å². The van der Waals surface area contributed by atoms with E-state index in [0.717, 1.165) is 36.7 Å². The van der Waals surface area contributed by atoms with Gasteiger partial charge in [-0.15, -0.1) is 0 Å². The van der Waals surface area contributed by atoms with Crippen LogP contribution in [0.25, 0.3) is 0 Å². The van der Waals surface area contributed by atoms with E-state index < -0.39 is 11.6 Å². The van der Waals surface area contributed by atoms with Crippen LogP contribution in [-0.2, 0) is 15.1 Å². The van der Waals surface area contributed by atoms with Crippen molar-refractivity contribution in [1.82, 2.24) is 0 Å². The van der Waals surface area contributed by atoms with Gasteiger partial charge in [0, 0.05) is 5.92 Å². The summed E-state index contributed by atoms with van der Waals surface area (Å²) in [6, 6.07) is 9.24. The summed E-state index contributed by atoms with van der Waals surface area (Å²) in [6.45, 7) is 1.05. The molecule has 122 valence electrons. The molecular formula is C18H28NO3+. The number of carbonyl (C=O) groups is 1. The molecule has 1 atom stereocenters. The number of hydrogen-bond acceptors (Lipinski definition) is 3. The van der Waals surface area contributed by atoms with Crippen LogP contribution < -0.4 is 0 Å². The van der Waals surface area contributed by atoms with Crippen molar-refractivity contribution in [2.75, 3.05) is 34.3 Å². The SMILES string of the molecule is C[N+](C)(C)CCOC(=O)[C@@](O)(c1ccccc1)C1CCCC1. The van der Waals surface area contributed by atoms with E-state index >= 15 is 0 Å². The van der Waals surface area contributed by atoms with Crippen LogP contribution in [0, 0.1) is 5.92 Å². The van der Waals surface area contributed by atoms with Crippen LogP contribution in [0.15, 0.2) is 30.3 Å². The number of carbonyl (C=O) groups excluding carboxylic acids is 1. The van der Waals surface area contributed by atoms with E-state index in [1.165, 1.54) is 0 Å². The number of quaternary nitrogens is 1. The molecule has 0 heterocycles. The monoisotopic (exact) mass is 306 g/mol. The van der Waals surface area contributed by atoms with E-state index in [-0.39, 0.29) is 5.92 Å². The number of aliphatic hydroxyl groups is 1. The number of likely N-dealkylation sites (N-methyl/N-ethyl adjacent to an activating group) is 1. The van der Waals surface area contributed by atoms with Crippen molar-refractivity contribution >= 4 is 5.97 Å². The van der Waals surface area contributed by atoms with Gasteiger partial charge in [-0.05, 0) is 18.4 Å². The van der Waals surface area contributed by atoms with Crippen LogP contribution in [-0.4, -0.2) is 49.9 Å². The molecule has 0 aromatic heterocycles. The minimum absolute atomic E-state index is 0.0495. The maximum absolute atomic E-state index is 12.7. The van der Waals surface area contributed by atoms with Gasteiger partial charge in [-0.25, -0.2) is 4.79 Å². The van der Waals surface area contributed by atoms with Crippen LogP contribution in [0.2, 0.25) is 0 Å². The summed E-state index contributed by atoms with van der Waals surface area (Å²) in [5.41, 5.74) is -0.861. The number of rotatable bonds is 6. The third-order valence-corrected chi connectivity index (χ3v) is 4.47. The number of nitrogens with zero attached hydrogens (tertiary/aromatic N) is 1. The number of esters is 1. The van der Waals surface area contributed by atoms with Gasteiger partial charge in [-0.2, -0.15) is 0 Å². The molecule has 0 aliphatic heterocycles. The van der Waals surface area contributed by atoms with Gasteiger partial charge in [-0.1, -0.05) is 43.2 Å². The first-order chi connectivity index (χ1) is 10.3. The van der Waals surface area contributed by atoms with Crippen LogP contribution in [0.1, 0.15) is 31.2 Å². The molecule has 1 aromatic carbocycles. The normalized spacial score (nSPS) is 18.9. The summed E-state index contributed by atoms with van der Waals surface area (Å²) in [5.74, 6) is -0.550. The summed E-state index contributed by atoms with van der Waals surface area (Å²) in [4.78, 5) is 12.7. The van der Waals surface area contributed by atoms with Crippen molar-refractivity contribution in [3.05, 3.63) is 35.9 Å². The highest BCUT2D eigenvalue weighted by atomic mass is 16.5. The van der Waals surface area contributed by atoms with Gasteiger partial charge < -0.3 is 14.3 Å². The Labute approximate surface area is 133 Å². The zero-order valence-corrected chi connectivity index (χ0v) is 13.9. The third kappa shape index (κ3) is 3.87. The highest BCUT2D eigenvalue weighted by Gasteiger charge is 2.47. The molecule has 1 N–H and O–H groups in total. The average Bonchev–Trinajstić information content (AvgIpc) is 3.00. The smallest absolute Gasteiger partial charge is 0.343 e. The lowest BCUT2D eigenvalue weighted by Gasteiger charge is -2.32. The molecule has 0 amide bonds. The number of hydrogen-bond donors (Lipinski definition) is 1. The van der Waals surface area contributed by atoms with E-state index in [1.807, 2.05) is 51.5 Å². The van der Waals surface area contributed by atoms with Gasteiger partial charge >= 0.3 is 5.97 Å². The molecule has 0 radical (unpaired) electrons. The maximum Gasteiger partial charge on any atom is 0.343 e. The molecule has 0 unspecified atom stereocenters. The maximum atomic E-state index is 12.7.